The van der Waals surface area contributed by atoms with Gasteiger partial charge in [-0.25, -0.2) is 8.42 Å². The van der Waals surface area contributed by atoms with Gasteiger partial charge in [0, 0.05) is 17.9 Å². The molecule has 0 spiro atoms. The van der Waals surface area contributed by atoms with Gasteiger partial charge in [-0.05, 0) is 51.5 Å². The zero-order valence-corrected chi connectivity index (χ0v) is 13.6. The van der Waals surface area contributed by atoms with Gasteiger partial charge in [0.2, 0.25) is 0 Å². The molecule has 1 aliphatic carbocycles. The number of rotatable bonds is 3. The van der Waals surface area contributed by atoms with Crippen molar-refractivity contribution < 1.29 is 12.8 Å². The van der Waals surface area contributed by atoms with Crippen LogP contribution < -0.4 is 5.73 Å². The molecule has 1 heterocycles. The van der Waals surface area contributed by atoms with E-state index in [1.165, 1.54) is 6.26 Å². The molecule has 0 aliphatic heterocycles. The van der Waals surface area contributed by atoms with E-state index in [9.17, 15) is 8.42 Å². The second-order valence-corrected chi connectivity index (χ2v) is 8.48. The highest BCUT2D eigenvalue weighted by Gasteiger charge is 2.34. The van der Waals surface area contributed by atoms with Crippen LogP contribution in [0.25, 0.3) is 0 Å². The minimum absolute atomic E-state index is 0.128. The Balaban J connectivity index is 2.23. The van der Waals surface area contributed by atoms with Crippen LogP contribution in [0.5, 0.6) is 0 Å². The molecule has 0 amide bonds. The zero-order chi connectivity index (χ0) is 15.1. The molecule has 114 valence electrons. The molecular formula is C15H25NO3S. The van der Waals surface area contributed by atoms with E-state index in [0.717, 1.165) is 41.9 Å². The van der Waals surface area contributed by atoms with Gasteiger partial charge < -0.3 is 10.2 Å². The maximum atomic E-state index is 11.8. The Kier molecular flexibility index (Phi) is 4.30. The lowest BCUT2D eigenvalue weighted by Crippen LogP contribution is -2.33. The van der Waals surface area contributed by atoms with Crippen LogP contribution in [0.1, 0.15) is 54.4 Å². The summed E-state index contributed by atoms with van der Waals surface area (Å²) in [7, 11) is -2.97. The van der Waals surface area contributed by atoms with E-state index < -0.39 is 9.84 Å². The summed E-state index contributed by atoms with van der Waals surface area (Å²) in [5.74, 6) is 2.00. The molecule has 2 rings (SSSR count). The Labute approximate surface area is 121 Å². The van der Waals surface area contributed by atoms with Gasteiger partial charge >= 0.3 is 0 Å². The number of sulfone groups is 1. The molecule has 3 unspecified atom stereocenters. The number of furan rings is 1. The van der Waals surface area contributed by atoms with Gasteiger partial charge in [0.15, 0.2) is 0 Å². The summed E-state index contributed by atoms with van der Waals surface area (Å²) >= 11 is 0. The van der Waals surface area contributed by atoms with Crippen molar-refractivity contribution in [1.29, 1.82) is 0 Å². The van der Waals surface area contributed by atoms with E-state index in [-0.39, 0.29) is 17.2 Å². The first-order valence-electron chi connectivity index (χ1n) is 7.22. The van der Waals surface area contributed by atoms with Crippen LogP contribution in [-0.4, -0.2) is 19.9 Å². The predicted octanol–water partition coefficient (Wildman–Crippen LogP) is 2.81. The first-order valence-corrected chi connectivity index (χ1v) is 9.18. The van der Waals surface area contributed by atoms with Crippen LogP contribution in [0, 0.1) is 26.7 Å². The molecule has 0 saturated heterocycles. The Hall–Kier alpha value is -0.810. The zero-order valence-electron chi connectivity index (χ0n) is 12.8. The predicted molar refractivity (Wildman–Crippen MR) is 80.4 cm³/mol. The van der Waals surface area contributed by atoms with E-state index in [1.807, 2.05) is 20.8 Å². The van der Waals surface area contributed by atoms with Crippen LogP contribution in [0.3, 0.4) is 0 Å². The number of aryl methyl sites for hydroxylation is 2. The highest BCUT2D eigenvalue weighted by molar-refractivity contribution is 7.91. The molecule has 1 aliphatic rings. The average molecular weight is 299 g/mol. The Morgan fingerprint density at radius 2 is 1.85 bits per heavy atom. The fourth-order valence-electron chi connectivity index (χ4n) is 3.43. The van der Waals surface area contributed by atoms with Crippen LogP contribution in [0.2, 0.25) is 0 Å². The molecule has 0 radical (unpaired) electrons. The molecule has 1 aromatic heterocycles. The fourth-order valence-corrected chi connectivity index (χ4v) is 4.62. The molecule has 20 heavy (non-hydrogen) atoms. The van der Waals surface area contributed by atoms with Crippen molar-refractivity contribution in [3.63, 3.8) is 0 Å². The largest absolute Gasteiger partial charge is 0.466 e. The van der Waals surface area contributed by atoms with E-state index >= 15 is 0 Å². The summed E-state index contributed by atoms with van der Waals surface area (Å²) in [6.45, 7) is 5.91. The smallest absolute Gasteiger partial charge is 0.150 e. The van der Waals surface area contributed by atoms with Crippen molar-refractivity contribution in [3.05, 3.63) is 22.6 Å². The van der Waals surface area contributed by atoms with Gasteiger partial charge in [-0.3, -0.25) is 0 Å². The van der Waals surface area contributed by atoms with Crippen LogP contribution in [0.15, 0.2) is 4.42 Å². The van der Waals surface area contributed by atoms with E-state index in [0.29, 0.717) is 6.42 Å². The van der Waals surface area contributed by atoms with Gasteiger partial charge in [0.1, 0.15) is 21.4 Å². The van der Waals surface area contributed by atoms with Gasteiger partial charge in [-0.2, -0.15) is 0 Å². The number of hydrogen-bond acceptors (Lipinski definition) is 4. The van der Waals surface area contributed by atoms with Gasteiger partial charge in [-0.1, -0.05) is 6.42 Å². The topological polar surface area (TPSA) is 73.3 Å². The second-order valence-electron chi connectivity index (χ2n) is 6.16. The summed E-state index contributed by atoms with van der Waals surface area (Å²) in [6.07, 6.45) is 4.71. The van der Waals surface area contributed by atoms with E-state index in [1.54, 1.807) is 0 Å². The summed E-state index contributed by atoms with van der Waals surface area (Å²) in [5, 5.41) is -0.235. The molecular weight excluding hydrogens is 274 g/mol. The monoisotopic (exact) mass is 299 g/mol. The van der Waals surface area contributed by atoms with E-state index in [4.69, 9.17) is 10.2 Å². The van der Waals surface area contributed by atoms with Crippen molar-refractivity contribution in [3.8, 4) is 0 Å². The average Bonchev–Trinajstić information content (AvgIpc) is 2.62. The number of nitrogens with two attached hydrogens (primary N) is 1. The first-order chi connectivity index (χ1) is 9.21. The Morgan fingerprint density at radius 1 is 1.20 bits per heavy atom. The lowest BCUT2D eigenvalue weighted by molar-refractivity contribution is 0.306. The summed E-state index contributed by atoms with van der Waals surface area (Å²) in [5.41, 5.74) is 8.61. The summed E-state index contributed by atoms with van der Waals surface area (Å²) in [4.78, 5) is 0. The molecule has 2 N–H and O–H groups in total. The third kappa shape index (κ3) is 2.93. The maximum absolute atomic E-state index is 11.8. The van der Waals surface area contributed by atoms with Crippen molar-refractivity contribution in [2.75, 3.05) is 6.26 Å². The highest BCUT2D eigenvalue weighted by atomic mass is 32.2. The molecule has 1 saturated carbocycles. The van der Waals surface area contributed by atoms with Gasteiger partial charge in [0.05, 0.1) is 5.25 Å². The lowest BCUT2D eigenvalue weighted by atomic mass is 9.80. The van der Waals surface area contributed by atoms with Crippen molar-refractivity contribution in [1.82, 2.24) is 0 Å². The molecule has 0 aromatic carbocycles. The maximum Gasteiger partial charge on any atom is 0.150 e. The van der Waals surface area contributed by atoms with Crippen molar-refractivity contribution in [2.45, 2.75) is 57.7 Å². The van der Waals surface area contributed by atoms with E-state index in [2.05, 4.69) is 0 Å². The quantitative estimate of drug-likeness (QED) is 0.931. The molecule has 3 atom stereocenters. The molecule has 1 fully saturated rings. The summed E-state index contributed by atoms with van der Waals surface area (Å²) in [6, 6.07) is -0.128. The Bertz CT molecular complexity index is 589. The standard InChI is InChI=1S/C15H25NO3S/c1-9-10(2)19-11(3)14(9)15(16)12-6-5-7-13(8-12)20(4,17)18/h12-13,15H,5-8,16H2,1-4H3. The van der Waals surface area contributed by atoms with Gasteiger partial charge in [-0.15, -0.1) is 0 Å². The minimum atomic E-state index is -2.97. The SMILES string of the molecule is Cc1oc(C)c(C(N)C2CCCC(S(C)(=O)=O)C2)c1C. The lowest BCUT2D eigenvalue weighted by Gasteiger charge is -2.32. The molecule has 5 heteroatoms. The second kappa shape index (κ2) is 5.53. The molecule has 1 aromatic rings. The van der Waals surface area contributed by atoms with Gasteiger partial charge in [0.25, 0.3) is 0 Å². The van der Waals surface area contributed by atoms with Crippen LogP contribution in [0.4, 0.5) is 0 Å². The normalized spacial score (nSPS) is 25.6. The highest BCUT2D eigenvalue weighted by Crippen LogP contribution is 2.38. The minimum Gasteiger partial charge on any atom is -0.466 e. The third-order valence-corrected chi connectivity index (χ3v) is 6.37. The van der Waals surface area contributed by atoms with Crippen molar-refractivity contribution >= 4 is 9.84 Å². The first kappa shape index (κ1) is 15.6. The van der Waals surface area contributed by atoms with Crippen LogP contribution in [-0.2, 0) is 9.84 Å². The summed E-state index contributed by atoms with van der Waals surface area (Å²) < 4.78 is 29.2. The molecule has 0 bridgehead atoms. The van der Waals surface area contributed by atoms with Crippen molar-refractivity contribution in [2.24, 2.45) is 11.7 Å². The third-order valence-electron chi connectivity index (χ3n) is 4.73. The fraction of sp³-hybridized carbons (Fsp3) is 0.733. The Morgan fingerprint density at radius 3 is 2.35 bits per heavy atom. The number of hydrogen-bond donors (Lipinski definition) is 1. The molecule has 4 nitrogen and oxygen atoms in total. The van der Waals surface area contributed by atoms with Crippen LogP contribution >= 0.6 is 0 Å².